The molecule has 0 spiro atoms. The molecule has 3 rings (SSSR count). The highest BCUT2D eigenvalue weighted by atomic mass is 19.3. The maximum Gasteiger partial charge on any atom is 0.387 e. The molecule has 2 saturated heterocycles. The molecule has 0 aromatic heterocycles. The number of nitrogens with zero attached hydrogens (tertiary/aromatic N) is 1. The van der Waals surface area contributed by atoms with E-state index in [-0.39, 0.29) is 23.7 Å². The molecule has 2 heterocycles. The smallest absolute Gasteiger partial charge is 0.387 e. The number of nitrogens with one attached hydrogen (secondary N) is 1. The van der Waals surface area contributed by atoms with Crippen LogP contribution in [0.1, 0.15) is 29.6 Å². The Labute approximate surface area is 122 Å². The van der Waals surface area contributed by atoms with Gasteiger partial charge in [-0.3, -0.25) is 4.79 Å². The predicted octanol–water partition coefficient (Wildman–Crippen LogP) is 2.25. The summed E-state index contributed by atoms with van der Waals surface area (Å²) < 4.78 is 28.9. The topological polar surface area (TPSA) is 41.6 Å². The van der Waals surface area contributed by atoms with Gasteiger partial charge in [0.1, 0.15) is 5.75 Å². The molecule has 2 aliphatic heterocycles. The first-order valence-electron chi connectivity index (χ1n) is 7.23. The van der Waals surface area contributed by atoms with Gasteiger partial charge in [-0.15, -0.1) is 0 Å². The zero-order valence-electron chi connectivity index (χ0n) is 11.6. The quantitative estimate of drug-likeness (QED) is 0.930. The maximum atomic E-state index is 12.7. The molecule has 1 aromatic rings. The molecular formula is C15H18F2N2O2. The molecule has 0 saturated carbocycles. The molecule has 2 aliphatic rings. The fraction of sp³-hybridized carbons (Fsp3) is 0.533. The second-order valence-corrected chi connectivity index (χ2v) is 5.50. The Kier molecular flexibility index (Phi) is 4.05. The average molecular weight is 296 g/mol. The van der Waals surface area contributed by atoms with Crippen LogP contribution in [0.15, 0.2) is 24.3 Å². The third-order valence-electron chi connectivity index (χ3n) is 4.19. The van der Waals surface area contributed by atoms with E-state index >= 15 is 0 Å². The van der Waals surface area contributed by atoms with Crippen molar-refractivity contribution in [3.8, 4) is 5.75 Å². The lowest BCUT2D eigenvalue weighted by Gasteiger charge is -2.28. The van der Waals surface area contributed by atoms with Crippen LogP contribution in [0.4, 0.5) is 8.78 Å². The number of benzene rings is 1. The highest BCUT2D eigenvalue weighted by molar-refractivity contribution is 5.95. The lowest BCUT2D eigenvalue weighted by Crippen LogP contribution is -2.42. The summed E-state index contributed by atoms with van der Waals surface area (Å²) in [7, 11) is 0. The Morgan fingerprint density at radius 1 is 1.29 bits per heavy atom. The van der Waals surface area contributed by atoms with Gasteiger partial charge in [-0.2, -0.15) is 8.78 Å². The highest BCUT2D eigenvalue weighted by Crippen LogP contribution is 2.30. The second kappa shape index (κ2) is 5.97. The lowest BCUT2D eigenvalue weighted by molar-refractivity contribution is -0.0499. The summed E-state index contributed by atoms with van der Waals surface area (Å²) in [5, 5.41) is 3.33. The lowest BCUT2D eigenvalue weighted by atomic mass is 10.1. The third-order valence-corrected chi connectivity index (χ3v) is 4.19. The molecule has 2 unspecified atom stereocenters. The van der Waals surface area contributed by atoms with Crippen LogP contribution in [0.5, 0.6) is 5.75 Å². The number of fused-ring (bicyclic) bond motifs is 2. The number of alkyl halides is 2. The van der Waals surface area contributed by atoms with Crippen LogP contribution in [0, 0.1) is 0 Å². The SMILES string of the molecule is O=C(c1cccc(OC(F)F)c1)N1C2CCNCC1CC2. The fourth-order valence-corrected chi connectivity index (χ4v) is 3.27. The predicted molar refractivity (Wildman–Crippen MR) is 73.5 cm³/mol. The van der Waals surface area contributed by atoms with Crippen LogP contribution in [0.3, 0.4) is 0 Å². The standard InChI is InChI=1S/C15H18F2N2O2/c16-15(17)21-13-3-1-2-10(8-13)14(20)19-11-4-5-12(19)9-18-7-6-11/h1-3,8,11-12,15,18H,4-7,9H2. The number of halogens is 2. The molecule has 2 fully saturated rings. The average Bonchev–Trinajstić information content (AvgIpc) is 2.71. The van der Waals surface area contributed by atoms with Crippen molar-refractivity contribution in [3.63, 3.8) is 0 Å². The van der Waals surface area contributed by atoms with Crippen LogP contribution in [-0.4, -0.2) is 42.6 Å². The molecule has 1 aromatic carbocycles. The summed E-state index contributed by atoms with van der Waals surface area (Å²) in [5.74, 6) is -0.0675. The molecular weight excluding hydrogens is 278 g/mol. The molecule has 0 radical (unpaired) electrons. The first kappa shape index (κ1) is 14.3. The van der Waals surface area contributed by atoms with Gasteiger partial charge in [0.25, 0.3) is 5.91 Å². The van der Waals surface area contributed by atoms with E-state index in [0.29, 0.717) is 5.56 Å². The molecule has 1 amide bonds. The Morgan fingerprint density at radius 2 is 2.10 bits per heavy atom. The van der Waals surface area contributed by atoms with Crippen molar-refractivity contribution in [3.05, 3.63) is 29.8 Å². The molecule has 6 heteroatoms. The van der Waals surface area contributed by atoms with Crippen molar-refractivity contribution in [2.75, 3.05) is 13.1 Å². The van der Waals surface area contributed by atoms with E-state index < -0.39 is 6.61 Å². The highest BCUT2D eigenvalue weighted by Gasteiger charge is 2.38. The van der Waals surface area contributed by atoms with Crippen molar-refractivity contribution < 1.29 is 18.3 Å². The number of hydrogen-bond acceptors (Lipinski definition) is 3. The van der Waals surface area contributed by atoms with Crippen LogP contribution in [0.25, 0.3) is 0 Å². The Morgan fingerprint density at radius 3 is 2.90 bits per heavy atom. The van der Waals surface area contributed by atoms with Gasteiger partial charge in [-0.25, -0.2) is 0 Å². The molecule has 2 bridgehead atoms. The second-order valence-electron chi connectivity index (χ2n) is 5.50. The van der Waals surface area contributed by atoms with E-state index in [1.165, 1.54) is 12.1 Å². The number of carbonyl (C=O) groups is 1. The zero-order chi connectivity index (χ0) is 14.8. The van der Waals surface area contributed by atoms with Gasteiger partial charge in [-0.05, 0) is 44.0 Å². The monoisotopic (exact) mass is 296 g/mol. The number of rotatable bonds is 3. The largest absolute Gasteiger partial charge is 0.435 e. The van der Waals surface area contributed by atoms with Crippen LogP contribution >= 0.6 is 0 Å². The van der Waals surface area contributed by atoms with Gasteiger partial charge in [0.05, 0.1) is 0 Å². The van der Waals surface area contributed by atoms with Gasteiger partial charge in [0.15, 0.2) is 0 Å². The summed E-state index contributed by atoms with van der Waals surface area (Å²) in [4.78, 5) is 14.6. The van der Waals surface area contributed by atoms with Gasteiger partial charge in [0, 0.05) is 24.2 Å². The Balaban J connectivity index is 1.81. The van der Waals surface area contributed by atoms with Crippen molar-refractivity contribution in [1.82, 2.24) is 10.2 Å². The number of amides is 1. The molecule has 114 valence electrons. The van der Waals surface area contributed by atoms with Gasteiger partial charge >= 0.3 is 6.61 Å². The third kappa shape index (κ3) is 3.00. The Hall–Kier alpha value is -1.69. The molecule has 1 N–H and O–H groups in total. The van der Waals surface area contributed by atoms with E-state index in [9.17, 15) is 13.6 Å². The van der Waals surface area contributed by atoms with E-state index in [4.69, 9.17) is 0 Å². The van der Waals surface area contributed by atoms with Crippen molar-refractivity contribution in [2.24, 2.45) is 0 Å². The zero-order valence-corrected chi connectivity index (χ0v) is 11.6. The maximum absolute atomic E-state index is 12.7. The molecule has 4 nitrogen and oxygen atoms in total. The van der Waals surface area contributed by atoms with E-state index in [2.05, 4.69) is 10.1 Å². The molecule has 21 heavy (non-hydrogen) atoms. The van der Waals surface area contributed by atoms with Crippen LogP contribution in [0.2, 0.25) is 0 Å². The van der Waals surface area contributed by atoms with Gasteiger partial charge in [0.2, 0.25) is 0 Å². The van der Waals surface area contributed by atoms with Gasteiger partial charge in [-0.1, -0.05) is 6.07 Å². The van der Waals surface area contributed by atoms with E-state index in [1.807, 2.05) is 4.90 Å². The molecule has 2 atom stereocenters. The van der Waals surface area contributed by atoms with Crippen molar-refractivity contribution in [2.45, 2.75) is 38.0 Å². The number of carbonyl (C=O) groups excluding carboxylic acids is 1. The first-order valence-corrected chi connectivity index (χ1v) is 7.23. The summed E-state index contributed by atoms with van der Waals surface area (Å²) in [5.41, 5.74) is 0.409. The van der Waals surface area contributed by atoms with Crippen molar-refractivity contribution in [1.29, 1.82) is 0 Å². The number of ether oxygens (including phenoxy) is 1. The Bertz CT molecular complexity index is 510. The van der Waals surface area contributed by atoms with Gasteiger partial charge < -0.3 is 15.0 Å². The van der Waals surface area contributed by atoms with E-state index in [0.717, 1.165) is 32.4 Å². The van der Waals surface area contributed by atoms with Crippen molar-refractivity contribution >= 4 is 5.91 Å². The first-order chi connectivity index (χ1) is 10.1. The minimum Gasteiger partial charge on any atom is -0.435 e. The van der Waals surface area contributed by atoms with Crippen LogP contribution < -0.4 is 10.1 Å². The minimum absolute atomic E-state index is 0.0242. The summed E-state index contributed by atoms with van der Waals surface area (Å²) >= 11 is 0. The fourth-order valence-electron chi connectivity index (χ4n) is 3.27. The van der Waals surface area contributed by atoms with Crippen LogP contribution in [-0.2, 0) is 0 Å². The molecule has 0 aliphatic carbocycles. The minimum atomic E-state index is -2.88. The summed E-state index contributed by atoms with van der Waals surface area (Å²) in [6.45, 7) is -1.16. The van der Waals surface area contributed by atoms with E-state index in [1.54, 1.807) is 12.1 Å². The summed E-state index contributed by atoms with van der Waals surface area (Å²) in [6, 6.07) is 6.50. The normalized spacial score (nSPS) is 25.0. The summed E-state index contributed by atoms with van der Waals surface area (Å²) in [6.07, 6.45) is 2.96. The number of hydrogen-bond donors (Lipinski definition) is 1.